The average molecular weight is 391 g/mol. The van der Waals surface area contributed by atoms with Crippen molar-refractivity contribution in [1.29, 1.82) is 0 Å². The van der Waals surface area contributed by atoms with Crippen molar-refractivity contribution in [2.75, 3.05) is 26.2 Å². The molecule has 150 valence electrons. The molecule has 2 aromatic carbocycles. The maximum atomic E-state index is 12.5. The quantitative estimate of drug-likeness (QED) is 0.713. The van der Waals surface area contributed by atoms with Crippen molar-refractivity contribution >= 4 is 16.9 Å². The highest BCUT2D eigenvalue weighted by molar-refractivity contribution is 5.88. The molecular formula is C23H25N3O3. The summed E-state index contributed by atoms with van der Waals surface area (Å²) in [5.41, 5.74) is 4.09. The van der Waals surface area contributed by atoms with Crippen LogP contribution in [0.4, 0.5) is 4.79 Å². The highest BCUT2D eigenvalue weighted by Crippen LogP contribution is 2.23. The maximum absolute atomic E-state index is 12.5. The van der Waals surface area contributed by atoms with Gasteiger partial charge in [0.2, 0.25) is 0 Å². The summed E-state index contributed by atoms with van der Waals surface area (Å²) in [6.45, 7) is 5.47. The zero-order chi connectivity index (χ0) is 20.4. The summed E-state index contributed by atoms with van der Waals surface area (Å²) < 4.78 is 0. The van der Waals surface area contributed by atoms with Gasteiger partial charge in [0.25, 0.3) is 5.56 Å². The van der Waals surface area contributed by atoms with Gasteiger partial charge in [-0.2, -0.15) is 0 Å². The van der Waals surface area contributed by atoms with E-state index in [-0.39, 0.29) is 5.56 Å². The van der Waals surface area contributed by atoms with Crippen LogP contribution in [0.3, 0.4) is 0 Å². The molecule has 0 saturated carbocycles. The number of carbonyl (C=O) groups is 1. The van der Waals surface area contributed by atoms with Crippen LogP contribution in [0.15, 0.2) is 53.3 Å². The number of nitrogens with zero attached hydrogens (tertiary/aromatic N) is 2. The molecule has 6 nitrogen and oxygen atoms in total. The Kier molecular flexibility index (Phi) is 5.36. The van der Waals surface area contributed by atoms with Crippen LogP contribution in [0.1, 0.15) is 18.1 Å². The minimum absolute atomic E-state index is 0.0619. The van der Waals surface area contributed by atoms with E-state index in [1.807, 2.05) is 24.3 Å². The van der Waals surface area contributed by atoms with Crippen molar-refractivity contribution < 1.29 is 9.90 Å². The molecule has 1 aromatic heterocycles. The van der Waals surface area contributed by atoms with Crippen LogP contribution >= 0.6 is 0 Å². The maximum Gasteiger partial charge on any atom is 0.407 e. The smallest absolute Gasteiger partial charge is 0.407 e. The highest BCUT2D eigenvalue weighted by Gasteiger charge is 2.20. The number of carboxylic acid groups (broad SMARTS) is 1. The largest absolute Gasteiger partial charge is 0.465 e. The van der Waals surface area contributed by atoms with E-state index in [1.165, 1.54) is 16.0 Å². The van der Waals surface area contributed by atoms with Gasteiger partial charge in [0, 0.05) is 43.8 Å². The summed E-state index contributed by atoms with van der Waals surface area (Å²) in [6, 6.07) is 16.2. The second kappa shape index (κ2) is 8.09. The molecule has 4 rings (SSSR count). The molecule has 0 radical (unpaired) electrons. The zero-order valence-electron chi connectivity index (χ0n) is 16.5. The third-order valence-corrected chi connectivity index (χ3v) is 5.67. The van der Waals surface area contributed by atoms with Crippen LogP contribution < -0.4 is 5.56 Å². The number of piperazine rings is 1. The summed E-state index contributed by atoms with van der Waals surface area (Å²) in [5, 5.41) is 10.8. The predicted molar refractivity (Wildman–Crippen MR) is 114 cm³/mol. The van der Waals surface area contributed by atoms with Crippen molar-refractivity contribution in [2.45, 2.75) is 19.9 Å². The van der Waals surface area contributed by atoms with Gasteiger partial charge in [0.05, 0.1) is 0 Å². The van der Waals surface area contributed by atoms with Gasteiger partial charge in [-0.1, -0.05) is 43.3 Å². The van der Waals surface area contributed by atoms with Gasteiger partial charge in [0.1, 0.15) is 0 Å². The molecule has 2 N–H and O–H groups in total. The van der Waals surface area contributed by atoms with Crippen molar-refractivity contribution in [3.63, 3.8) is 0 Å². The number of aromatic amines is 1. The summed E-state index contributed by atoms with van der Waals surface area (Å²) in [7, 11) is 0. The number of hydrogen-bond donors (Lipinski definition) is 2. The highest BCUT2D eigenvalue weighted by atomic mass is 16.4. The Morgan fingerprint density at radius 2 is 1.76 bits per heavy atom. The van der Waals surface area contributed by atoms with Gasteiger partial charge >= 0.3 is 6.09 Å². The van der Waals surface area contributed by atoms with Crippen LogP contribution in [-0.2, 0) is 13.0 Å². The SMILES string of the molecule is CCc1cccc2c(=O)[nH]c(-c3ccc(CN4CCN(C(=O)O)CC4)cc3)cc12. The van der Waals surface area contributed by atoms with E-state index < -0.39 is 6.09 Å². The lowest BCUT2D eigenvalue weighted by Gasteiger charge is -2.33. The standard InChI is InChI=1S/C23H25N3O3/c1-2-17-4-3-5-19-20(17)14-21(24-22(19)27)18-8-6-16(7-9-18)15-25-10-12-26(13-11-25)23(28)29/h3-9,14H,2,10-13,15H2,1H3,(H,24,27)(H,28,29). The first kappa shape index (κ1) is 19.2. The molecule has 2 heterocycles. The first-order valence-electron chi connectivity index (χ1n) is 9.99. The molecule has 0 bridgehead atoms. The second-order valence-corrected chi connectivity index (χ2v) is 7.49. The van der Waals surface area contributed by atoms with Crippen molar-refractivity contribution in [3.05, 3.63) is 70.0 Å². The van der Waals surface area contributed by atoms with E-state index in [0.29, 0.717) is 13.1 Å². The first-order valence-corrected chi connectivity index (χ1v) is 9.99. The number of fused-ring (bicyclic) bond motifs is 1. The number of rotatable bonds is 4. The molecule has 29 heavy (non-hydrogen) atoms. The normalized spacial score (nSPS) is 15.0. The number of amides is 1. The number of benzene rings is 2. The second-order valence-electron chi connectivity index (χ2n) is 7.49. The van der Waals surface area contributed by atoms with Gasteiger partial charge in [-0.3, -0.25) is 9.69 Å². The molecule has 0 aliphatic carbocycles. The third-order valence-electron chi connectivity index (χ3n) is 5.67. The van der Waals surface area contributed by atoms with Crippen LogP contribution in [0.5, 0.6) is 0 Å². The van der Waals surface area contributed by atoms with Gasteiger partial charge < -0.3 is 15.0 Å². The lowest BCUT2D eigenvalue weighted by Crippen LogP contribution is -2.47. The summed E-state index contributed by atoms with van der Waals surface area (Å²) in [4.78, 5) is 30.3. The Bertz CT molecular complexity index is 1080. The Balaban J connectivity index is 1.52. The molecule has 0 spiro atoms. The Morgan fingerprint density at radius 1 is 1.03 bits per heavy atom. The number of nitrogens with one attached hydrogen (secondary N) is 1. The lowest BCUT2D eigenvalue weighted by atomic mass is 10.0. The van der Waals surface area contributed by atoms with Crippen LogP contribution in [0.25, 0.3) is 22.0 Å². The monoisotopic (exact) mass is 391 g/mol. The average Bonchev–Trinajstić information content (AvgIpc) is 2.74. The Morgan fingerprint density at radius 3 is 2.41 bits per heavy atom. The number of H-pyrrole nitrogens is 1. The molecule has 3 aromatic rings. The number of hydrogen-bond acceptors (Lipinski definition) is 3. The molecule has 6 heteroatoms. The Hall–Kier alpha value is -3.12. The van der Waals surface area contributed by atoms with E-state index in [4.69, 9.17) is 5.11 Å². The molecule has 1 aliphatic heterocycles. The van der Waals surface area contributed by atoms with Gasteiger partial charge in [-0.25, -0.2) is 4.79 Å². The fraction of sp³-hybridized carbons (Fsp3) is 0.304. The fourth-order valence-corrected chi connectivity index (χ4v) is 3.96. The molecular weight excluding hydrogens is 366 g/mol. The summed E-state index contributed by atoms with van der Waals surface area (Å²) in [5.74, 6) is 0. The fourth-order valence-electron chi connectivity index (χ4n) is 3.96. The van der Waals surface area contributed by atoms with Crippen LogP contribution in [-0.4, -0.2) is 52.2 Å². The van der Waals surface area contributed by atoms with Crippen LogP contribution in [0, 0.1) is 0 Å². The van der Waals surface area contributed by atoms with E-state index in [2.05, 4.69) is 41.1 Å². The number of aromatic nitrogens is 1. The van der Waals surface area contributed by atoms with Crippen molar-refractivity contribution in [3.8, 4) is 11.3 Å². The minimum Gasteiger partial charge on any atom is -0.465 e. The van der Waals surface area contributed by atoms with Crippen molar-refractivity contribution in [2.24, 2.45) is 0 Å². The first-order chi connectivity index (χ1) is 14.0. The molecule has 1 fully saturated rings. The Labute approximate surface area is 169 Å². The number of aryl methyl sites for hydroxylation is 1. The van der Waals surface area contributed by atoms with E-state index >= 15 is 0 Å². The topological polar surface area (TPSA) is 76.6 Å². The summed E-state index contributed by atoms with van der Waals surface area (Å²) >= 11 is 0. The predicted octanol–water partition coefficient (Wildman–Crippen LogP) is 3.55. The van der Waals surface area contributed by atoms with E-state index in [9.17, 15) is 9.59 Å². The molecule has 1 saturated heterocycles. The minimum atomic E-state index is -0.843. The zero-order valence-corrected chi connectivity index (χ0v) is 16.5. The summed E-state index contributed by atoms with van der Waals surface area (Å²) in [6.07, 6.45) is 0.0403. The van der Waals surface area contributed by atoms with Gasteiger partial charge in [0.15, 0.2) is 0 Å². The van der Waals surface area contributed by atoms with Crippen LogP contribution in [0.2, 0.25) is 0 Å². The number of pyridine rings is 1. The van der Waals surface area contributed by atoms with Crippen molar-refractivity contribution in [1.82, 2.24) is 14.8 Å². The van der Waals surface area contributed by atoms with E-state index in [1.54, 1.807) is 0 Å². The molecule has 1 aliphatic rings. The van der Waals surface area contributed by atoms with E-state index in [0.717, 1.165) is 48.1 Å². The molecule has 0 unspecified atom stereocenters. The third kappa shape index (κ3) is 4.03. The lowest BCUT2D eigenvalue weighted by molar-refractivity contribution is 0.103. The van der Waals surface area contributed by atoms with Gasteiger partial charge in [-0.15, -0.1) is 0 Å². The molecule has 0 atom stereocenters. The molecule has 1 amide bonds. The van der Waals surface area contributed by atoms with Gasteiger partial charge in [-0.05, 0) is 40.6 Å².